The number of nitrogens with one attached hydrogen (secondary N) is 1. The molecule has 1 aromatic heterocycles. The van der Waals surface area contributed by atoms with Crippen molar-refractivity contribution < 1.29 is 9.53 Å². The van der Waals surface area contributed by atoms with E-state index in [-0.39, 0.29) is 18.3 Å². The van der Waals surface area contributed by atoms with Gasteiger partial charge in [-0.05, 0) is 17.5 Å². The minimum absolute atomic E-state index is 0. The maximum absolute atomic E-state index is 12.1. The second-order valence-corrected chi connectivity index (χ2v) is 5.78. The van der Waals surface area contributed by atoms with Gasteiger partial charge >= 0.3 is 0 Å². The van der Waals surface area contributed by atoms with Crippen LogP contribution in [0.15, 0.2) is 29.6 Å². The number of hydrogen-bond acceptors (Lipinski definition) is 5. The molecule has 23 heavy (non-hydrogen) atoms. The van der Waals surface area contributed by atoms with Crippen molar-refractivity contribution in [1.82, 2.24) is 10.3 Å². The van der Waals surface area contributed by atoms with Gasteiger partial charge in [0.15, 0.2) is 0 Å². The molecule has 0 aliphatic heterocycles. The van der Waals surface area contributed by atoms with E-state index in [1.165, 1.54) is 11.3 Å². The highest BCUT2D eigenvalue weighted by atomic mass is 35.5. The summed E-state index contributed by atoms with van der Waals surface area (Å²) in [5.74, 6) is -0.180. The third kappa shape index (κ3) is 5.91. The van der Waals surface area contributed by atoms with Gasteiger partial charge in [0, 0.05) is 25.1 Å². The van der Waals surface area contributed by atoms with Gasteiger partial charge in [0.05, 0.1) is 6.61 Å². The average molecular weight is 356 g/mol. The van der Waals surface area contributed by atoms with Crippen LogP contribution in [0.25, 0.3) is 0 Å². The van der Waals surface area contributed by atoms with Crippen molar-refractivity contribution >= 4 is 29.7 Å². The Labute approximate surface area is 146 Å². The molecule has 126 valence electrons. The molecular weight excluding hydrogens is 334 g/mol. The SMILES string of the molecule is CCCOCc1ccccc1CNC(=O)c1csc(CN)n1.Cl. The Morgan fingerprint density at radius 1 is 1.35 bits per heavy atom. The number of aromatic nitrogens is 1. The van der Waals surface area contributed by atoms with Gasteiger partial charge in [0.25, 0.3) is 5.91 Å². The van der Waals surface area contributed by atoms with E-state index in [4.69, 9.17) is 10.5 Å². The van der Waals surface area contributed by atoms with E-state index in [1.807, 2.05) is 24.3 Å². The molecule has 0 aliphatic carbocycles. The molecule has 1 heterocycles. The first kappa shape index (κ1) is 19.6. The molecule has 0 unspecified atom stereocenters. The summed E-state index contributed by atoms with van der Waals surface area (Å²) in [6.07, 6.45) is 0.992. The molecule has 0 fully saturated rings. The first-order chi connectivity index (χ1) is 10.7. The predicted octanol–water partition coefficient (Wildman–Crippen LogP) is 2.88. The van der Waals surface area contributed by atoms with E-state index >= 15 is 0 Å². The Balaban J connectivity index is 0.00000264. The monoisotopic (exact) mass is 355 g/mol. The number of ether oxygens (including phenoxy) is 1. The smallest absolute Gasteiger partial charge is 0.271 e. The highest BCUT2D eigenvalue weighted by molar-refractivity contribution is 7.09. The van der Waals surface area contributed by atoms with Gasteiger partial charge in [-0.15, -0.1) is 23.7 Å². The maximum atomic E-state index is 12.1. The number of benzene rings is 1. The normalized spacial score (nSPS) is 10.2. The van der Waals surface area contributed by atoms with E-state index < -0.39 is 0 Å². The molecular formula is C16H22ClN3O2S. The molecule has 1 aromatic carbocycles. The number of halogens is 1. The van der Waals surface area contributed by atoms with Crippen molar-refractivity contribution in [1.29, 1.82) is 0 Å². The van der Waals surface area contributed by atoms with Gasteiger partial charge < -0.3 is 15.8 Å². The van der Waals surface area contributed by atoms with Gasteiger partial charge in [0.1, 0.15) is 10.7 Å². The van der Waals surface area contributed by atoms with Crippen LogP contribution in [0, 0.1) is 0 Å². The predicted molar refractivity (Wildman–Crippen MR) is 94.8 cm³/mol. The first-order valence-electron chi connectivity index (χ1n) is 7.31. The van der Waals surface area contributed by atoms with Gasteiger partial charge in [-0.1, -0.05) is 31.2 Å². The number of hydrogen-bond donors (Lipinski definition) is 2. The summed E-state index contributed by atoms with van der Waals surface area (Å²) in [6.45, 7) is 4.19. The van der Waals surface area contributed by atoms with Gasteiger partial charge in [0.2, 0.25) is 0 Å². The molecule has 0 aliphatic rings. The van der Waals surface area contributed by atoms with Crippen molar-refractivity contribution in [3.8, 4) is 0 Å². The second-order valence-electron chi connectivity index (χ2n) is 4.83. The lowest BCUT2D eigenvalue weighted by Crippen LogP contribution is -2.24. The third-order valence-electron chi connectivity index (χ3n) is 3.12. The zero-order valence-corrected chi connectivity index (χ0v) is 14.7. The Bertz CT molecular complexity index is 619. The van der Waals surface area contributed by atoms with Gasteiger partial charge in [-0.2, -0.15) is 0 Å². The molecule has 0 bridgehead atoms. The van der Waals surface area contributed by atoms with Crippen LogP contribution in [0.2, 0.25) is 0 Å². The molecule has 0 atom stereocenters. The summed E-state index contributed by atoms with van der Waals surface area (Å²) < 4.78 is 5.58. The lowest BCUT2D eigenvalue weighted by Gasteiger charge is -2.10. The lowest BCUT2D eigenvalue weighted by atomic mass is 10.1. The first-order valence-corrected chi connectivity index (χ1v) is 8.19. The third-order valence-corrected chi connectivity index (χ3v) is 3.99. The quantitative estimate of drug-likeness (QED) is 0.714. The van der Waals surface area contributed by atoms with Crippen LogP contribution in [0.4, 0.5) is 0 Å². The zero-order chi connectivity index (χ0) is 15.8. The number of carbonyl (C=O) groups excluding carboxylic acids is 1. The molecule has 0 saturated carbocycles. The minimum Gasteiger partial charge on any atom is -0.377 e. The van der Waals surface area contributed by atoms with E-state index in [0.717, 1.165) is 29.2 Å². The second kappa shape index (κ2) is 10.3. The largest absolute Gasteiger partial charge is 0.377 e. The summed E-state index contributed by atoms with van der Waals surface area (Å²) in [4.78, 5) is 16.3. The Hall–Kier alpha value is -1.47. The molecule has 5 nitrogen and oxygen atoms in total. The van der Waals surface area contributed by atoms with Crippen molar-refractivity contribution in [3.63, 3.8) is 0 Å². The van der Waals surface area contributed by atoms with Crippen LogP contribution in [0.1, 0.15) is 40.0 Å². The molecule has 3 N–H and O–H groups in total. The topological polar surface area (TPSA) is 77.2 Å². The molecule has 7 heteroatoms. The highest BCUT2D eigenvalue weighted by Crippen LogP contribution is 2.12. The molecule has 0 saturated heterocycles. The number of nitrogens with two attached hydrogens (primary N) is 1. The number of carbonyl (C=O) groups is 1. The average Bonchev–Trinajstić information content (AvgIpc) is 3.03. The Morgan fingerprint density at radius 2 is 2.09 bits per heavy atom. The van der Waals surface area contributed by atoms with Crippen LogP contribution in [0.3, 0.4) is 0 Å². The summed E-state index contributed by atoms with van der Waals surface area (Å²) in [6, 6.07) is 7.95. The van der Waals surface area contributed by atoms with E-state index in [1.54, 1.807) is 5.38 Å². The van der Waals surface area contributed by atoms with E-state index in [9.17, 15) is 4.79 Å². The molecule has 2 rings (SSSR count). The van der Waals surface area contributed by atoms with Crippen LogP contribution in [-0.4, -0.2) is 17.5 Å². The molecule has 0 spiro atoms. The Kier molecular flexibility index (Phi) is 8.79. The molecule has 0 radical (unpaired) electrons. The minimum atomic E-state index is -0.180. The number of amides is 1. The van der Waals surface area contributed by atoms with Crippen LogP contribution in [-0.2, 0) is 24.4 Å². The number of nitrogens with zero attached hydrogens (tertiary/aromatic N) is 1. The summed E-state index contributed by atoms with van der Waals surface area (Å²) in [7, 11) is 0. The fraction of sp³-hybridized carbons (Fsp3) is 0.375. The van der Waals surface area contributed by atoms with E-state index in [0.29, 0.717) is 25.4 Å². The molecule has 1 amide bonds. The summed E-state index contributed by atoms with van der Waals surface area (Å²) >= 11 is 1.40. The standard InChI is InChI=1S/C16H21N3O2S.ClH/c1-2-7-21-10-13-6-4-3-5-12(13)9-18-16(20)14-11-22-15(8-17)19-14;/h3-6,11H,2,7-10,17H2,1H3,(H,18,20);1H. The highest BCUT2D eigenvalue weighted by Gasteiger charge is 2.10. The lowest BCUT2D eigenvalue weighted by molar-refractivity contribution is 0.0945. The van der Waals surface area contributed by atoms with Crippen molar-refractivity contribution in [3.05, 3.63) is 51.5 Å². The fourth-order valence-corrected chi connectivity index (χ4v) is 2.63. The van der Waals surface area contributed by atoms with Crippen LogP contribution < -0.4 is 11.1 Å². The van der Waals surface area contributed by atoms with Crippen molar-refractivity contribution in [2.75, 3.05) is 6.61 Å². The maximum Gasteiger partial charge on any atom is 0.271 e. The van der Waals surface area contributed by atoms with Crippen LogP contribution >= 0.6 is 23.7 Å². The summed E-state index contributed by atoms with van der Waals surface area (Å²) in [5, 5.41) is 5.38. The van der Waals surface area contributed by atoms with Gasteiger partial charge in [-0.25, -0.2) is 4.98 Å². The van der Waals surface area contributed by atoms with Crippen molar-refractivity contribution in [2.24, 2.45) is 5.73 Å². The van der Waals surface area contributed by atoms with Gasteiger partial charge in [-0.3, -0.25) is 4.79 Å². The number of rotatable bonds is 8. The van der Waals surface area contributed by atoms with E-state index in [2.05, 4.69) is 17.2 Å². The Morgan fingerprint density at radius 3 is 2.74 bits per heavy atom. The molecule has 2 aromatic rings. The summed E-state index contributed by atoms with van der Waals surface area (Å²) in [5.41, 5.74) is 8.08. The zero-order valence-electron chi connectivity index (χ0n) is 13.1. The van der Waals surface area contributed by atoms with Crippen molar-refractivity contribution in [2.45, 2.75) is 33.0 Å². The fourth-order valence-electron chi connectivity index (χ4n) is 1.97. The van der Waals surface area contributed by atoms with Crippen LogP contribution in [0.5, 0.6) is 0 Å². The number of thiazole rings is 1.